The zero-order chi connectivity index (χ0) is 21.8. The Morgan fingerprint density at radius 3 is 2.23 bits per heavy atom. The fourth-order valence-electron chi connectivity index (χ4n) is 3.52. The normalized spacial score (nSPS) is 13.0. The average molecular weight is 412 g/mol. The van der Waals surface area contributed by atoms with Crippen molar-refractivity contribution >= 4 is 16.7 Å². The second-order valence-corrected chi connectivity index (χ2v) is 8.04. The van der Waals surface area contributed by atoms with Crippen LogP contribution in [-0.4, -0.2) is 11.0 Å². The molecule has 0 saturated heterocycles. The van der Waals surface area contributed by atoms with E-state index in [0.29, 0.717) is 11.6 Å². The van der Waals surface area contributed by atoms with Gasteiger partial charge >= 0.3 is 5.97 Å². The van der Waals surface area contributed by atoms with Crippen molar-refractivity contribution in [3.63, 3.8) is 0 Å². The lowest BCUT2D eigenvalue weighted by molar-refractivity contribution is -0.142. The summed E-state index contributed by atoms with van der Waals surface area (Å²) >= 11 is 0. The van der Waals surface area contributed by atoms with Crippen LogP contribution >= 0.6 is 0 Å². The molecular formula is C27H25NO3. The molecule has 1 unspecified atom stereocenters. The first-order valence-corrected chi connectivity index (χ1v) is 10.4. The van der Waals surface area contributed by atoms with Gasteiger partial charge in [-0.05, 0) is 41.3 Å². The highest BCUT2D eigenvalue weighted by atomic mass is 16.5. The van der Waals surface area contributed by atoms with Gasteiger partial charge in [0.25, 0.3) is 0 Å². The van der Waals surface area contributed by atoms with Crippen LogP contribution in [0.25, 0.3) is 10.8 Å². The van der Waals surface area contributed by atoms with E-state index in [2.05, 4.69) is 23.2 Å². The van der Waals surface area contributed by atoms with Crippen LogP contribution in [-0.2, 0) is 10.2 Å². The number of hydrogen-bond acceptors (Lipinski definition) is 4. The van der Waals surface area contributed by atoms with Crippen molar-refractivity contribution in [2.24, 2.45) is 5.92 Å². The highest BCUT2D eigenvalue weighted by Gasteiger charge is 2.40. The molecule has 1 heterocycles. The van der Waals surface area contributed by atoms with Gasteiger partial charge in [0.15, 0.2) is 0 Å². The smallest absolute Gasteiger partial charge is 0.323 e. The molecule has 1 atom stereocenters. The van der Waals surface area contributed by atoms with Gasteiger partial charge in [-0.3, -0.25) is 4.79 Å². The number of pyridine rings is 1. The zero-order valence-electron chi connectivity index (χ0n) is 17.9. The van der Waals surface area contributed by atoms with Crippen LogP contribution in [0, 0.1) is 5.92 Å². The average Bonchev–Trinajstić information content (AvgIpc) is 2.79. The lowest BCUT2D eigenvalue weighted by Crippen LogP contribution is -2.41. The molecule has 31 heavy (non-hydrogen) atoms. The summed E-state index contributed by atoms with van der Waals surface area (Å²) in [6.07, 6.45) is 0. The molecule has 0 amide bonds. The predicted molar refractivity (Wildman–Crippen MR) is 123 cm³/mol. The Labute approximate surface area is 182 Å². The Morgan fingerprint density at radius 2 is 1.48 bits per heavy atom. The molecule has 0 radical (unpaired) electrons. The van der Waals surface area contributed by atoms with E-state index in [1.807, 2.05) is 75.4 Å². The Kier molecular flexibility index (Phi) is 5.72. The van der Waals surface area contributed by atoms with Gasteiger partial charge in [0.2, 0.25) is 11.8 Å². The molecule has 0 N–H and O–H groups in total. The summed E-state index contributed by atoms with van der Waals surface area (Å²) in [7, 11) is 0. The topological polar surface area (TPSA) is 48.4 Å². The first kappa shape index (κ1) is 20.6. The van der Waals surface area contributed by atoms with E-state index in [9.17, 15) is 4.79 Å². The second-order valence-electron chi connectivity index (χ2n) is 8.04. The zero-order valence-corrected chi connectivity index (χ0v) is 17.9. The number of fused-ring (bicyclic) bond motifs is 1. The van der Waals surface area contributed by atoms with E-state index >= 15 is 0 Å². The van der Waals surface area contributed by atoms with E-state index in [0.717, 1.165) is 16.3 Å². The number of para-hydroxylation sites is 1. The Morgan fingerprint density at radius 1 is 0.806 bits per heavy atom. The molecule has 0 aliphatic carbocycles. The van der Waals surface area contributed by atoms with E-state index in [4.69, 9.17) is 9.47 Å². The summed E-state index contributed by atoms with van der Waals surface area (Å²) in [6.45, 7) is 5.98. The number of rotatable bonds is 6. The van der Waals surface area contributed by atoms with Gasteiger partial charge in [0.1, 0.15) is 5.75 Å². The molecule has 0 fully saturated rings. The second kappa shape index (κ2) is 8.60. The molecule has 4 aromatic rings. The van der Waals surface area contributed by atoms with Crippen molar-refractivity contribution in [2.45, 2.75) is 26.2 Å². The number of benzene rings is 3. The molecule has 1 aromatic heterocycles. The van der Waals surface area contributed by atoms with Crippen LogP contribution in [0.3, 0.4) is 0 Å². The summed E-state index contributed by atoms with van der Waals surface area (Å²) in [5.41, 5.74) is 0.0880. The number of ether oxygens (including phenoxy) is 2. The predicted octanol–water partition coefficient (Wildman–Crippen LogP) is 6.55. The molecule has 0 aliphatic heterocycles. The molecule has 4 nitrogen and oxygen atoms in total. The van der Waals surface area contributed by atoms with Crippen LogP contribution in [0.15, 0.2) is 91.0 Å². The van der Waals surface area contributed by atoms with Gasteiger partial charge in [-0.15, -0.1) is 0 Å². The summed E-state index contributed by atoms with van der Waals surface area (Å²) in [5, 5.41) is 2.23. The van der Waals surface area contributed by atoms with Crippen molar-refractivity contribution < 1.29 is 14.3 Å². The highest BCUT2D eigenvalue weighted by Crippen LogP contribution is 2.35. The minimum atomic E-state index is -0.831. The summed E-state index contributed by atoms with van der Waals surface area (Å²) in [4.78, 5) is 17.7. The van der Waals surface area contributed by atoms with Crippen molar-refractivity contribution in [1.29, 1.82) is 0 Å². The summed E-state index contributed by atoms with van der Waals surface area (Å²) < 4.78 is 11.5. The lowest BCUT2D eigenvalue weighted by Gasteiger charge is -2.31. The fourth-order valence-corrected chi connectivity index (χ4v) is 3.52. The third kappa shape index (κ3) is 4.29. The molecule has 0 spiro atoms. The molecule has 0 bridgehead atoms. The number of nitrogens with zero attached hydrogens (tertiary/aromatic N) is 1. The summed E-state index contributed by atoms with van der Waals surface area (Å²) in [5.74, 6) is 0.924. The van der Waals surface area contributed by atoms with E-state index in [1.165, 1.54) is 0 Å². The van der Waals surface area contributed by atoms with Gasteiger partial charge in [-0.25, -0.2) is 0 Å². The van der Waals surface area contributed by atoms with Crippen LogP contribution in [0.2, 0.25) is 0 Å². The number of esters is 1. The van der Waals surface area contributed by atoms with Crippen LogP contribution in [0.5, 0.6) is 17.5 Å². The molecule has 3 aromatic carbocycles. The van der Waals surface area contributed by atoms with Crippen LogP contribution < -0.4 is 9.47 Å². The number of aromatic nitrogens is 1. The Bertz CT molecular complexity index is 1200. The minimum absolute atomic E-state index is 0.0184. The van der Waals surface area contributed by atoms with Gasteiger partial charge in [-0.1, -0.05) is 80.6 Å². The highest BCUT2D eigenvalue weighted by molar-refractivity contribution is 5.89. The standard InChI is InChI=1S/C27H25NO3/c1-19(2)27(3,22-17-16-20-10-7-8-11-21(20)18-22)26(29)31-25-15-9-14-24(28-25)30-23-12-5-4-6-13-23/h4-19H,1-3H3. The first-order valence-electron chi connectivity index (χ1n) is 10.4. The number of hydrogen-bond donors (Lipinski definition) is 0. The molecule has 4 heteroatoms. The third-order valence-corrected chi connectivity index (χ3v) is 5.79. The van der Waals surface area contributed by atoms with E-state index in [-0.39, 0.29) is 17.8 Å². The fraction of sp³-hybridized carbons (Fsp3) is 0.185. The first-order chi connectivity index (χ1) is 15.0. The molecular weight excluding hydrogens is 386 g/mol. The maximum Gasteiger partial charge on any atom is 0.323 e. The van der Waals surface area contributed by atoms with Crippen molar-refractivity contribution in [3.05, 3.63) is 96.6 Å². The number of carbonyl (C=O) groups excluding carboxylic acids is 1. The third-order valence-electron chi connectivity index (χ3n) is 5.79. The molecule has 156 valence electrons. The quantitative estimate of drug-likeness (QED) is 0.338. The van der Waals surface area contributed by atoms with Crippen LogP contribution in [0.4, 0.5) is 0 Å². The maximum absolute atomic E-state index is 13.4. The summed E-state index contributed by atoms with van der Waals surface area (Å²) in [6, 6.07) is 28.8. The van der Waals surface area contributed by atoms with Crippen molar-refractivity contribution in [3.8, 4) is 17.5 Å². The monoisotopic (exact) mass is 411 g/mol. The minimum Gasteiger partial charge on any atom is -0.439 e. The Hall–Kier alpha value is -3.66. The van der Waals surface area contributed by atoms with Crippen molar-refractivity contribution in [2.75, 3.05) is 0 Å². The molecule has 4 rings (SSSR count). The SMILES string of the molecule is CC(C)C(C)(C(=O)Oc1cccc(Oc2ccccc2)n1)c1ccc2ccccc2c1. The lowest BCUT2D eigenvalue weighted by atomic mass is 9.73. The van der Waals surface area contributed by atoms with Crippen LogP contribution in [0.1, 0.15) is 26.3 Å². The van der Waals surface area contributed by atoms with Crippen molar-refractivity contribution in [1.82, 2.24) is 4.98 Å². The largest absolute Gasteiger partial charge is 0.439 e. The van der Waals surface area contributed by atoms with Gasteiger partial charge < -0.3 is 9.47 Å². The Balaban J connectivity index is 1.61. The van der Waals surface area contributed by atoms with E-state index < -0.39 is 5.41 Å². The number of carbonyl (C=O) groups is 1. The van der Waals surface area contributed by atoms with Gasteiger partial charge in [0, 0.05) is 12.1 Å². The van der Waals surface area contributed by atoms with Gasteiger partial charge in [0.05, 0.1) is 5.41 Å². The van der Waals surface area contributed by atoms with Gasteiger partial charge in [-0.2, -0.15) is 4.98 Å². The molecule has 0 aliphatic rings. The maximum atomic E-state index is 13.4. The van der Waals surface area contributed by atoms with E-state index in [1.54, 1.807) is 18.2 Å². The molecule has 0 saturated carbocycles.